The topological polar surface area (TPSA) is 78.9 Å². The molecule has 0 aliphatic rings. The Balaban J connectivity index is 4.10. The van der Waals surface area contributed by atoms with Crippen molar-refractivity contribution in [2.45, 2.75) is 399 Å². The summed E-state index contributed by atoms with van der Waals surface area (Å²) in [5.74, 6) is -0.929. The molecular weight excluding hydrogens is 1020 g/mol. The van der Waals surface area contributed by atoms with Gasteiger partial charge >= 0.3 is 17.9 Å². The molecule has 6 heteroatoms. The van der Waals surface area contributed by atoms with Crippen LogP contribution in [0, 0.1) is 0 Å². The molecule has 0 bridgehead atoms. The summed E-state index contributed by atoms with van der Waals surface area (Å²) in [6.07, 6.45) is 93.0. The summed E-state index contributed by atoms with van der Waals surface area (Å²) in [4.78, 5) is 38.3. The Hall–Kier alpha value is -2.89. The fourth-order valence-electron chi connectivity index (χ4n) is 11.1. The van der Waals surface area contributed by atoms with Crippen molar-refractivity contribution in [3.63, 3.8) is 0 Å². The van der Waals surface area contributed by atoms with Crippen molar-refractivity contribution in [1.82, 2.24) is 0 Å². The molecule has 0 saturated carbocycles. The van der Waals surface area contributed by atoms with Gasteiger partial charge in [-0.3, -0.25) is 14.4 Å². The molecular formula is C77H140O6. The highest BCUT2D eigenvalue weighted by molar-refractivity contribution is 5.71. The maximum Gasteiger partial charge on any atom is 0.306 e. The van der Waals surface area contributed by atoms with Gasteiger partial charge in [-0.1, -0.05) is 377 Å². The Labute approximate surface area is 517 Å². The molecule has 0 amide bonds. The van der Waals surface area contributed by atoms with Crippen molar-refractivity contribution in [1.29, 1.82) is 0 Å². The van der Waals surface area contributed by atoms with Gasteiger partial charge in [-0.25, -0.2) is 0 Å². The summed E-state index contributed by atoms with van der Waals surface area (Å²) < 4.78 is 16.9. The normalized spacial score (nSPS) is 12.4. The third-order valence-electron chi connectivity index (χ3n) is 16.5. The first-order valence-electron chi connectivity index (χ1n) is 36.8. The van der Waals surface area contributed by atoms with E-state index in [1.807, 2.05) is 0 Å². The largest absolute Gasteiger partial charge is 0.462 e. The molecule has 6 nitrogen and oxygen atoms in total. The van der Waals surface area contributed by atoms with E-state index in [4.69, 9.17) is 14.2 Å². The van der Waals surface area contributed by atoms with Gasteiger partial charge in [0.15, 0.2) is 6.10 Å². The Morgan fingerprint density at radius 1 is 0.253 bits per heavy atom. The van der Waals surface area contributed by atoms with E-state index in [1.165, 1.54) is 270 Å². The Bertz CT molecular complexity index is 1470. The van der Waals surface area contributed by atoms with Gasteiger partial charge in [0.25, 0.3) is 0 Å². The predicted molar refractivity (Wildman–Crippen MR) is 362 cm³/mol. The van der Waals surface area contributed by atoms with Crippen LogP contribution in [0.15, 0.2) is 60.8 Å². The minimum atomic E-state index is -0.802. The predicted octanol–water partition coefficient (Wildman–Crippen LogP) is 25.5. The molecule has 0 aromatic heterocycles. The number of hydrogen-bond donors (Lipinski definition) is 0. The lowest BCUT2D eigenvalue weighted by Gasteiger charge is -2.18. The number of carbonyl (C=O) groups is 3. The van der Waals surface area contributed by atoms with Gasteiger partial charge in [0, 0.05) is 19.3 Å². The van der Waals surface area contributed by atoms with Crippen molar-refractivity contribution < 1.29 is 28.6 Å². The van der Waals surface area contributed by atoms with E-state index in [-0.39, 0.29) is 37.5 Å². The maximum atomic E-state index is 12.9. The zero-order valence-electron chi connectivity index (χ0n) is 55.7. The zero-order chi connectivity index (χ0) is 59.9. The molecule has 0 heterocycles. The molecule has 1 atom stereocenters. The maximum absolute atomic E-state index is 12.9. The second kappa shape index (κ2) is 71.6. The highest BCUT2D eigenvalue weighted by Gasteiger charge is 2.19. The number of carbonyl (C=O) groups excluding carboxylic acids is 3. The van der Waals surface area contributed by atoms with E-state index in [2.05, 4.69) is 81.5 Å². The molecule has 0 aliphatic heterocycles. The van der Waals surface area contributed by atoms with Crippen LogP contribution in [0.1, 0.15) is 393 Å². The van der Waals surface area contributed by atoms with Crippen molar-refractivity contribution >= 4 is 17.9 Å². The lowest BCUT2D eigenvalue weighted by atomic mass is 10.0. The smallest absolute Gasteiger partial charge is 0.306 e. The van der Waals surface area contributed by atoms with E-state index in [0.717, 1.165) is 77.0 Å². The van der Waals surface area contributed by atoms with E-state index in [9.17, 15) is 14.4 Å². The van der Waals surface area contributed by atoms with Crippen LogP contribution < -0.4 is 0 Å². The van der Waals surface area contributed by atoms with Crippen LogP contribution in [0.4, 0.5) is 0 Å². The van der Waals surface area contributed by atoms with E-state index >= 15 is 0 Å². The van der Waals surface area contributed by atoms with Gasteiger partial charge < -0.3 is 14.2 Å². The van der Waals surface area contributed by atoms with Crippen molar-refractivity contribution in [3.05, 3.63) is 60.8 Å². The van der Waals surface area contributed by atoms with Crippen LogP contribution >= 0.6 is 0 Å². The van der Waals surface area contributed by atoms with Gasteiger partial charge in [0.2, 0.25) is 0 Å². The van der Waals surface area contributed by atoms with Crippen LogP contribution in [0.25, 0.3) is 0 Å². The van der Waals surface area contributed by atoms with Gasteiger partial charge in [-0.2, -0.15) is 0 Å². The van der Waals surface area contributed by atoms with Crippen molar-refractivity contribution in [3.8, 4) is 0 Å². The summed E-state index contributed by atoms with van der Waals surface area (Å²) in [7, 11) is 0. The van der Waals surface area contributed by atoms with E-state index in [0.29, 0.717) is 19.3 Å². The first kappa shape index (κ1) is 80.1. The molecule has 0 fully saturated rings. The highest BCUT2D eigenvalue weighted by atomic mass is 16.6. The SMILES string of the molecule is CC/C=C\C/C=C\C/C=C\C/C=C\C/C=C\CCCC(=O)OC(COC(=O)CCCCCCCCCCCCCCC)COC(=O)CCCCCCCCCCCCCCCCCCCCCCCCCCCCCCCCCCCCC. The Kier molecular flexibility index (Phi) is 69.1. The molecule has 0 radical (unpaired) electrons. The number of unbranched alkanes of at least 4 members (excludes halogenated alkanes) is 47. The number of hydrogen-bond acceptors (Lipinski definition) is 6. The zero-order valence-corrected chi connectivity index (χ0v) is 55.7. The van der Waals surface area contributed by atoms with Gasteiger partial charge in [-0.05, 0) is 57.8 Å². The Morgan fingerprint density at radius 3 is 0.723 bits per heavy atom. The molecule has 1 unspecified atom stereocenters. The first-order chi connectivity index (χ1) is 41.0. The Morgan fingerprint density at radius 2 is 0.470 bits per heavy atom. The summed E-state index contributed by atoms with van der Waals surface area (Å²) in [6, 6.07) is 0. The third-order valence-corrected chi connectivity index (χ3v) is 16.5. The van der Waals surface area contributed by atoms with Gasteiger partial charge in [-0.15, -0.1) is 0 Å². The molecule has 0 aromatic carbocycles. The number of allylic oxidation sites excluding steroid dienone is 10. The first-order valence-corrected chi connectivity index (χ1v) is 36.8. The molecule has 0 saturated heterocycles. The molecule has 0 aliphatic carbocycles. The number of esters is 3. The van der Waals surface area contributed by atoms with Crippen LogP contribution in [0.3, 0.4) is 0 Å². The molecule has 0 aromatic rings. The minimum Gasteiger partial charge on any atom is -0.462 e. The minimum absolute atomic E-state index is 0.0922. The highest BCUT2D eigenvalue weighted by Crippen LogP contribution is 2.19. The standard InChI is InChI=1S/C77H140O6/c1-4-7-10-13-16-19-22-25-27-29-30-31-32-33-34-35-36-37-38-39-40-41-42-43-44-45-46-48-49-52-55-58-61-64-67-70-76(79)82-73-74(72-81-75(78)69-66-63-60-57-54-51-24-21-18-15-12-9-6-3)83-77(80)71-68-65-62-59-56-53-50-47-28-26-23-20-17-14-11-8-5-2/h8,11,17,20,26,28,50,53,59,62,74H,4-7,9-10,12-16,18-19,21-25,27,29-49,51-52,54-58,60-61,63-73H2,1-3H3/b11-8-,20-17-,28-26-,53-50-,62-59-. The van der Waals surface area contributed by atoms with E-state index < -0.39 is 6.10 Å². The van der Waals surface area contributed by atoms with Crippen molar-refractivity contribution in [2.24, 2.45) is 0 Å². The van der Waals surface area contributed by atoms with Crippen LogP contribution in [0.2, 0.25) is 0 Å². The molecule has 0 spiro atoms. The number of rotatable bonds is 68. The molecule has 484 valence electrons. The van der Waals surface area contributed by atoms with Gasteiger partial charge in [0.1, 0.15) is 13.2 Å². The average Bonchev–Trinajstić information content (AvgIpc) is 3.49. The summed E-state index contributed by atoms with van der Waals surface area (Å²) in [6.45, 7) is 6.54. The fraction of sp³-hybridized carbons (Fsp3) is 0.831. The average molecular weight is 1160 g/mol. The summed E-state index contributed by atoms with van der Waals surface area (Å²) >= 11 is 0. The van der Waals surface area contributed by atoms with Crippen LogP contribution in [0.5, 0.6) is 0 Å². The van der Waals surface area contributed by atoms with Crippen LogP contribution in [-0.2, 0) is 28.6 Å². The second-order valence-corrected chi connectivity index (χ2v) is 24.8. The molecule has 0 rings (SSSR count). The lowest BCUT2D eigenvalue weighted by molar-refractivity contribution is -0.167. The summed E-state index contributed by atoms with van der Waals surface area (Å²) in [5, 5.41) is 0. The van der Waals surface area contributed by atoms with Crippen LogP contribution in [-0.4, -0.2) is 37.2 Å². The molecule has 0 N–H and O–H groups in total. The van der Waals surface area contributed by atoms with E-state index in [1.54, 1.807) is 0 Å². The molecule has 83 heavy (non-hydrogen) atoms. The lowest BCUT2D eigenvalue weighted by Crippen LogP contribution is -2.30. The van der Waals surface area contributed by atoms with Gasteiger partial charge in [0.05, 0.1) is 0 Å². The fourth-order valence-corrected chi connectivity index (χ4v) is 11.1. The number of ether oxygens (including phenoxy) is 3. The quantitative estimate of drug-likeness (QED) is 0.0261. The monoisotopic (exact) mass is 1160 g/mol. The third kappa shape index (κ3) is 69.8. The van der Waals surface area contributed by atoms with Crippen molar-refractivity contribution in [2.75, 3.05) is 13.2 Å². The summed E-state index contributed by atoms with van der Waals surface area (Å²) in [5.41, 5.74) is 0. The second-order valence-electron chi connectivity index (χ2n) is 24.8.